The van der Waals surface area contributed by atoms with Crippen LogP contribution in [0.1, 0.15) is 24.2 Å². The van der Waals surface area contributed by atoms with Gasteiger partial charge in [0.05, 0.1) is 61.3 Å². The van der Waals surface area contributed by atoms with Gasteiger partial charge >= 0.3 is 0 Å². The maximum absolute atomic E-state index is 7.05. The van der Waals surface area contributed by atoms with Gasteiger partial charge in [0, 0.05) is 60.2 Å². The van der Waals surface area contributed by atoms with Gasteiger partial charge < -0.3 is 34.9 Å². The smallest absolute Gasteiger partial charge is 0.237 e. The zero-order valence-electron chi connectivity index (χ0n) is 26.3. The average Bonchev–Trinajstić information content (AvgIpc) is 3.77. The lowest BCUT2D eigenvalue weighted by molar-refractivity contribution is -0.0392. The lowest BCUT2D eigenvalue weighted by Gasteiger charge is -2.16. The van der Waals surface area contributed by atoms with Crippen LogP contribution in [0.5, 0.6) is 11.8 Å². The molecule has 13 heteroatoms. The van der Waals surface area contributed by atoms with Gasteiger partial charge in [-0.1, -0.05) is 66.2 Å². The summed E-state index contributed by atoms with van der Waals surface area (Å²) in [6.45, 7) is 7.50. The Balaban J connectivity index is 1.21. The number of nitrogens with zero attached hydrogens (tertiary/aromatic N) is 4. The number of rotatable bonds is 13. The summed E-state index contributed by atoms with van der Waals surface area (Å²) in [4.78, 5) is 18.8. The molecule has 246 valence electrons. The van der Waals surface area contributed by atoms with Crippen LogP contribution in [-0.4, -0.2) is 72.8 Å². The second-order valence-electron chi connectivity index (χ2n) is 11.2. The number of allylic oxidation sites excluding steroid dienone is 1. The van der Waals surface area contributed by atoms with Gasteiger partial charge in [-0.3, -0.25) is 9.97 Å². The first-order valence-electron chi connectivity index (χ1n) is 15.4. The summed E-state index contributed by atoms with van der Waals surface area (Å²) in [5.74, 6) is 0.837. The molecule has 2 aliphatic rings. The minimum atomic E-state index is -0.262. The zero-order valence-corrected chi connectivity index (χ0v) is 27.8. The maximum atomic E-state index is 7.05. The molecule has 0 spiro atoms. The Morgan fingerprint density at radius 2 is 1.32 bits per heavy atom. The summed E-state index contributed by atoms with van der Waals surface area (Å²) < 4.78 is 22.1. The van der Waals surface area contributed by atoms with Crippen molar-refractivity contribution in [2.75, 3.05) is 40.5 Å². The SMILES string of the molecule is C=C1CC[C@@H](CNCc2ncc(-c3cccc(-c4cccc(-c5cnc(CNCC6OCCO6)c(OC)n5)c4Cl)c3Cl)nc2OC)N1. The number of hydrogen-bond donors (Lipinski definition) is 3. The van der Waals surface area contributed by atoms with Crippen LogP contribution in [0.25, 0.3) is 33.6 Å². The lowest BCUT2D eigenvalue weighted by atomic mass is 9.98. The highest BCUT2D eigenvalue weighted by Gasteiger charge is 2.21. The van der Waals surface area contributed by atoms with Gasteiger partial charge in [-0.15, -0.1) is 0 Å². The van der Waals surface area contributed by atoms with Crippen molar-refractivity contribution in [2.45, 2.75) is 38.3 Å². The average molecular weight is 679 g/mol. The third-order valence-corrected chi connectivity index (χ3v) is 8.84. The van der Waals surface area contributed by atoms with Crippen molar-refractivity contribution in [2.24, 2.45) is 0 Å². The Kier molecular flexibility index (Phi) is 10.8. The summed E-state index contributed by atoms with van der Waals surface area (Å²) in [6, 6.07) is 11.8. The molecule has 2 aliphatic heterocycles. The van der Waals surface area contributed by atoms with E-state index in [0.717, 1.165) is 36.2 Å². The van der Waals surface area contributed by atoms with Crippen molar-refractivity contribution in [1.82, 2.24) is 35.9 Å². The van der Waals surface area contributed by atoms with Gasteiger partial charge in [-0.2, -0.15) is 0 Å². The Hall–Kier alpha value is -3.84. The molecule has 4 heterocycles. The Bertz CT molecular complexity index is 1740. The fourth-order valence-electron chi connectivity index (χ4n) is 5.63. The molecule has 0 amide bonds. The van der Waals surface area contributed by atoms with E-state index in [9.17, 15) is 0 Å². The quantitative estimate of drug-likeness (QED) is 0.168. The number of methoxy groups -OCH3 is 2. The second-order valence-corrected chi connectivity index (χ2v) is 11.9. The van der Waals surface area contributed by atoms with E-state index in [4.69, 9.17) is 52.1 Å². The largest absolute Gasteiger partial charge is 0.480 e. The van der Waals surface area contributed by atoms with Crippen molar-refractivity contribution in [3.63, 3.8) is 0 Å². The predicted molar refractivity (Wildman–Crippen MR) is 181 cm³/mol. The highest BCUT2D eigenvalue weighted by molar-refractivity contribution is 6.39. The van der Waals surface area contributed by atoms with Crippen LogP contribution in [0.4, 0.5) is 0 Å². The molecule has 3 N–H and O–H groups in total. The summed E-state index contributed by atoms with van der Waals surface area (Å²) in [7, 11) is 3.15. The first-order valence-corrected chi connectivity index (χ1v) is 16.2. The molecule has 0 aliphatic carbocycles. The topological polar surface area (TPSA) is 125 Å². The molecule has 0 saturated carbocycles. The van der Waals surface area contributed by atoms with E-state index in [1.807, 2.05) is 36.4 Å². The number of ether oxygens (including phenoxy) is 4. The van der Waals surface area contributed by atoms with Gasteiger partial charge in [-0.25, -0.2) is 9.97 Å². The third-order valence-electron chi connectivity index (χ3n) is 8.03. The molecule has 2 fully saturated rings. The summed E-state index contributed by atoms with van der Waals surface area (Å²) in [5, 5.41) is 11.1. The molecule has 11 nitrogen and oxygen atoms in total. The molecule has 4 aromatic rings. The molecule has 2 aromatic heterocycles. The Morgan fingerprint density at radius 3 is 1.81 bits per heavy atom. The normalized spacial score (nSPS) is 16.4. The Labute approximate surface area is 284 Å². The predicted octanol–water partition coefficient (Wildman–Crippen LogP) is 5.41. The lowest BCUT2D eigenvalue weighted by Crippen LogP contribution is -2.33. The molecular formula is C34H37Cl2N7O4. The van der Waals surface area contributed by atoms with Crippen LogP contribution < -0.4 is 25.4 Å². The van der Waals surface area contributed by atoms with Crippen molar-refractivity contribution < 1.29 is 18.9 Å². The van der Waals surface area contributed by atoms with E-state index in [2.05, 4.69) is 32.5 Å². The van der Waals surface area contributed by atoms with Crippen LogP contribution in [0.2, 0.25) is 10.0 Å². The van der Waals surface area contributed by atoms with E-state index in [0.29, 0.717) is 94.6 Å². The highest BCUT2D eigenvalue weighted by atomic mass is 35.5. The van der Waals surface area contributed by atoms with Crippen LogP contribution in [0, 0.1) is 0 Å². The van der Waals surface area contributed by atoms with Crippen molar-refractivity contribution in [3.8, 4) is 45.4 Å². The van der Waals surface area contributed by atoms with Crippen LogP contribution in [-0.2, 0) is 22.6 Å². The number of aromatic nitrogens is 4. The highest BCUT2D eigenvalue weighted by Crippen LogP contribution is 2.42. The first kappa shape index (κ1) is 33.1. The van der Waals surface area contributed by atoms with E-state index in [1.165, 1.54) is 0 Å². The fourth-order valence-corrected chi connectivity index (χ4v) is 6.28. The summed E-state index contributed by atoms with van der Waals surface area (Å²) >= 11 is 14.1. The van der Waals surface area contributed by atoms with Crippen molar-refractivity contribution >= 4 is 23.2 Å². The fraction of sp³-hybridized carbons (Fsp3) is 0.353. The minimum absolute atomic E-state index is 0.262. The third kappa shape index (κ3) is 7.67. The van der Waals surface area contributed by atoms with Crippen LogP contribution in [0.3, 0.4) is 0 Å². The van der Waals surface area contributed by atoms with E-state index in [-0.39, 0.29) is 6.29 Å². The first-order chi connectivity index (χ1) is 22.9. The van der Waals surface area contributed by atoms with Gasteiger partial charge in [-0.05, 0) is 12.8 Å². The summed E-state index contributed by atoms with van der Waals surface area (Å²) in [6.07, 6.45) is 5.20. The molecule has 2 aromatic carbocycles. The van der Waals surface area contributed by atoms with Crippen molar-refractivity contribution in [3.05, 3.63) is 82.5 Å². The molecule has 2 saturated heterocycles. The second kappa shape index (κ2) is 15.4. The summed E-state index contributed by atoms with van der Waals surface area (Å²) in [5.41, 5.74) is 6.49. The number of nitrogens with one attached hydrogen (secondary N) is 3. The number of benzene rings is 2. The van der Waals surface area contributed by atoms with Crippen LogP contribution in [0.15, 0.2) is 61.1 Å². The number of hydrogen-bond acceptors (Lipinski definition) is 11. The maximum Gasteiger partial charge on any atom is 0.237 e. The zero-order chi connectivity index (χ0) is 32.8. The Morgan fingerprint density at radius 1 is 0.809 bits per heavy atom. The van der Waals surface area contributed by atoms with E-state index < -0.39 is 0 Å². The monoisotopic (exact) mass is 677 g/mol. The van der Waals surface area contributed by atoms with Gasteiger partial charge in [0.1, 0.15) is 11.4 Å². The van der Waals surface area contributed by atoms with Crippen molar-refractivity contribution in [1.29, 1.82) is 0 Å². The van der Waals surface area contributed by atoms with Gasteiger partial charge in [0.2, 0.25) is 11.8 Å². The molecule has 0 radical (unpaired) electrons. The van der Waals surface area contributed by atoms with E-state index >= 15 is 0 Å². The molecule has 47 heavy (non-hydrogen) atoms. The minimum Gasteiger partial charge on any atom is -0.480 e. The molecule has 1 atom stereocenters. The number of halogens is 2. The standard InChI is InChI=1S/C34H37Cl2N7O4/c1-20-10-11-21(41-20)14-37-15-28-33(44-2)42-26(17-39-28)24-8-4-6-22(31(24)35)23-7-5-9-25(32(23)36)27-18-40-29(34(43-27)45-3)16-38-19-30-46-12-13-47-30/h4-9,17-18,21,30,37-38,41H,1,10-16,19H2,2-3H3/t21-/m0/s1. The molecule has 0 unspecified atom stereocenters. The van der Waals surface area contributed by atoms with Gasteiger partial charge in [0.25, 0.3) is 0 Å². The van der Waals surface area contributed by atoms with Crippen LogP contribution >= 0.6 is 23.2 Å². The molecular weight excluding hydrogens is 641 g/mol. The van der Waals surface area contributed by atoms with E-state index in [1.54, 1.807) is 26.6 Å². The molecule has 0 bridgehead atoms. The molecule has 6 rings (SSSR count). The van der Waals surface area contributed by atoms with Gasteiger partial charge in [0.15, 0.2) is 6.29 Å².